The molecule has 0 fully saturated rings. The predicted octanol–water partition coefficient (Wildman–Crippen LogP) is 1.63. The SMILES string of the molecule is Cn1nc(C(=O)O)cc1-c1cccc(N2C=NCC2)c1. The van der Waals surface area contributed by atoms with Crippen molar-refractivity contribution in [3.8, 4) is 11.3 Å². The van der Waals surface area contributed by atoms with Crippen LogP contribution < -0.4 is 4.90 Å². The number of hydrogen-bond acceptors (Lipinski definition) is 4. The fourth-order valence-corrected chi connectivity index (χ4v) is 2.26. The van der Waals surface area contributed by atoms with Crippen LogP contribution in [0.15, 0.2) is 35.3 Å². The minimum atomic E-state index is -1.02. The molecule has 0 aliphatic carbocycles. The smallest absolute Gasteiger partial charge is 0.356 e. The van der Waals surface area contributed by atoms with Crippen LogP contribution >= 0.6 is 0 Å². The number of hydrogen-bond donors (Lipinski definition) is 1. The van der Waals surface area contributed by atoms with Gasteiger partial charge >= 0.3 is 5.97 Å². The Labute approximate surface area is 116 Å². The van der Waals surface area contributed by atoms with Crippen molar-refractivity contribution in [3.05, 3.63) is 36.0 Å². The van der Waals surface area contributed by atoms with E-state index in [4.69, 9.17) is 5.11 Å². The Bertz CT molecular complexity index is 690. The summed E-state index contributed by atoms with van der Waals surface area (Å²) in [6.45, 7) is 1.67. The summed E-state index contributed by atoms with van der Waals surface area (Å²) in [6.07, 6.45) is 1.82. The number of anilines is 1. The molecule has 0 atom stereocenters. The van der Waals surface area contributed by atoms with Crippen LogP contribution in [0.2, 0.25) is 0 Å². The van der Waals surface area contributed by atoms with E-state index in [1.165, 1.54) is 0 Å². The van der Waals surface area contributed by atoms with Gasteiger partial charge in [-0.1, -0.05) is 12.1 Å². The van der Waals surface area contributed by atoms with Gasteiger partial charge in [-0.3, -0.25) is 9.67 Å². The number of aromatic nitrogens is 2. The van der Waals surface area contributed by atoms with Crippen LogP contribution in [0, 0.1) is 0 Å². The average molecular weight is 270 g/mol. The monoisotopic (exact) mass is 270 g/mol. The van der Waals surface area contributed by atoms with Crippen LogP contribution in [0.1, 0.15) is 10.5 Å². The van der Waals surface area contributed by atoms with Crippen molar-refractivity contribution in [3.63, 3.8) is 0 Å². The van der Waals surface area contributed by atoms with Crippen molar-refractivity contribution >= 4 is 18.0 Å². The Hall–Kier alpha value is -2.63. The van der Waals surface area contributed by atoms with Gasteiger partial charge in [-0.25, -0.2) is 4.79 Å². The molecule has 1 aromatic carbocycles. The Morgan fingerprint density at radius 3 is 2.85 bits per heavy atom. The zero-order valence-corrected chi connectivity index (χ0v) is 11.0. The van der Waals surface area contributed by atoms with Gasteiger partial charge < -0.3 is 10.0 Å². The molecule has 0 unspecified atom stereocenters. The molecule has 102 valence electrons. The van der Waals surface area contributed by atoms with Gasteiger partial charge in [0.1, 0.15) is 0 Å². The largest absolute Gasteiger partial charge is 0.476 e. The highest BCUT2D eigenvalue weighted by Gasteiger charge is 2.14. The van der Waals surface area contributed by atoms with E-state index in [1.807, 2.05) is 30.6 Å². The predicted molar refractivity (Wildman–Crippen MR) is 76.3 cm³/mol. The van der Waals surface area contributed by atoms with Crippen molar-refractivity contribution in [2.24, 2.45) is 12.0 Å². The molecule has 0 spiro atoms. The first-order valence-corrected chi connectivity index (χ1v) is 6.29. The second kappa shape index (κ2) is 4.80. The van der Waals surface area contributed by atoms with E-state index >= 15 is 0 Å². The Morgan fingerprint density at radius 2 is 2.20 bits per heavy atom. The zero-order chi connectivity index (χ0) is 14.1. The van der Waals surface area contributed by atoms with Crippen LogP contribution in [0.3, 0.4) is 0 Å². The van der Waals surface area contributed by atoms with Crippen molar-refractivity contribution in [2.45, 2.75) is 0 Å². The van der Waals surface area contributed by atoms with Crippen molar-refractivity contribution in [1.82, 2.24) is 9.78 Å². The van der Waals surface area contributed by atoms with Gasteiger partial charge in [0.15, 0.2) is 5.69 Å². The number of carboxylic acids is 1. The first-order valence-electron chi connectivity index (χ1n) is 6.29. The van der Waals surface area contributed by atoms with E-state index in [1.54, 1.807) is 17.8 Å². The number of benzene rings is 1. The lowest BCUT2D eigenvalue weighted by Crippen LogP contribution is -2.17. The molecule has 0 saturated heterocycles. The molecule has 1 N–H and O–H groups in total. The van der Waals surface area contributed by atoms with E-state index in [0.717, 1.165) is 30.0 Å². The molecule has 0 saturated carbocycles. The molecule has 0 amide bonds. The summed E-state index contributed by atoms with van der Waals surface area (Å²) in [5.41, 5.74) is 2.81. The summed E-state index contributed by atoms with van der Waals surface area (Å²) >= 11 is 0. The van der Waals surface area contributed by atoms with Crippen LogP contribution in [-0.2, 0) is 7.05 Å². The number of rotatable bonds is 3. The topological polar surface area (TPSA) is 70.7 Å². The molecule has 0 radical (unpaired) electrons. The van der Waals surface area contributed by atoms with Crippen molar-refractivity contribution in [2.75, 3.05) is 18.0 Å². The number of aryl methyl sites for hydroxylation is 1. The molecular formula is C14H14N4O2. The normalized spacial score (nSPS) is 13.9. The lowest BCUT2D eigenvalue weighted by atomic mass is 10.1. The van der Waals surface area contributed by atoms with Crippen molar-refractivity contribution < 1.29 is 9.90 Å². The van der Waals surface area contributed by atoms with Gasteiger partial charge in [-0.15, -0.1) is 0 Å². The van der Waals surface area contributed by atoms with Gasteiger partial charge in [-0.2, -0.15) is 5.10 Å². The van der Waals surface area contributed by atoms with Crippen LogP contribution in [0.5, 0.6) is 0 Å². The minimum absolute atomic E-state index is 0.0515. The van der Waals surface area contributed by atoms with E-state index in [0.29, 0.717) is 0 Å². The first-order chi connectivity index (χ1) is 9.65. The van der Waals surface area contributed by atoms with E-state index < -0.39 is 5.97 Å². The molecule has 2 heterocycles. The summed E-state index contributed by atoms with van der Waals surface area (Å²) in [5, 5.41) is 13.0. The third kappa shape index (κ3) is 2.16. The number of nitrogens with zero attached hydrogens (tertiary/aromatic N) is 4. The standard InChI is InChI=1S/C14H14N4O2/c1-17-13(8-12(16-17)14(19)20)10-3-2-4-11(7-10)18-6-5-15-9-18/h2-4,7-9H,5-6H2,1H3,(H,19,20). The number of carbonyl (C=O) groups is 1. The number of carboxylic acid groups (broad SMARTS) is 1. The van der Waals surface area contributed by atoms with Crippen LogP contribution in [0.4, 0.5) is 5.69 Å². The summed E-state index contributed by atoms with van der Waals surface area (Å²) in [7, 11) is 1.74. The second-order valence-corrected chi connectivity index (χ2v) is 4.61. The third-order valence-corrected chi connectivity index (χ3v) is 3.26. The number of aliphatic imine (C=N–C) groups is 1. The molecule has 0 bridgehead atoms. The Kier molecular flexibility index (Phi) is 2.98. The van der Waals surface area contributed by atoms with Gasteiger partial charge in [-0.05, 0) is 18.2 Å². The lowest BCUT2D eigenvalue weighted by Gasteiger charge is -2.14. The van der Waals surface area contributed by atoms with Gasteiger partial charge in [0.25, 0.3) is 0 Å². The highest BCUT2D eigenvalue weighted by atomic mass is 16.4. The summed E-state index contributed by atoms with van der Waals surface area (Å²) in [4.78, 5) is 17.2. The van der Waals surface area contributed by atoms with E-state index in [9.17, 15) is 4.79 Å². The average Bonchev–Trinajstić information content (AvgIpc) is 3.08. The molecule has 20 heavy (non-hydrogen) atoms. The Balaban J connectivity index is 1.99. The zero-order valence-electron chi connectivity index (χ0n) is 11.0. The van der Waals surface area contributed by atoms with Gasteiger partial charge in [0.05, 0.1) is 18.6 Å². The minimum Gasteiger partial charge on any atom is -0.476 e. The quantitative estimate of drug-likeness (QED) is 0.920. The summed E-state index contributed by atoms with van der Waals surface area (Å²) in [5.74, 6) is -1.02. The molecular weight excluding hydrogens is 256 g/mol. The fraction of sp³-hybridized carbons (Fsp3) is 0.214. The first kappa shape index (κ1) is 12.4. The molecule has 1 aliphatic rings. The third-order valence-electron chi connectivity index (χ3n) is 3.26. The van der Waals surface area contributed by atoms with E-state index in [-0.39, 0.29) is 5.69 Å². The maximum atomic E-state index is 11.0. The molecule has 1 aromatic heterocycles. The maximum Gasteiger partial charge on any atom is 0.356 e. The molecule has 6 nitrogen and oxygen atoms in total. The molecule has 1 aliphatic heterocycles. The summed E-state index contributed by atoms with van der Waals surface area (Å²) < 4.78 is 1.58. The van der Waals surface area contributed by atoms with Gasteiger partial charge in [0.2, 0.25) is 0 Å². The highest BCUT2D eigenvalue weighted by Crippen LogP contribution is 2.25. The lowest BCUT2D eigenvalue weighted by molar-refractivity contribution is 0.0689. The number of aromatic carboxylic acids is 1. The highest BCUT2D eigenvalue weighted by molar-refractivity contribution is 5.87. The van der Waals surface area contributed by atoms with Crippen LogP contribution in [-0.4, -0.2) is 40.3 Å². The molecule has 2 aromatic rings. The van der Waals surface area contributed by atoms with Gasteiger partial charge in [0, 0.05) is 24.8 Å². The van der Waals surface area contributed by atoms with Crippen molar-refractivity contribution in [1.29, 1.82) is 0 Å². The Morgan fingerprint density at radius 1 is 1.35 bits per heavy atom. The fourth-order valence-electron chi connectivity index (χ4n) is 2.26. The maximum absolute atomic E-state index is 11.0. The van der Waals surface area contributed by atoms with Crippen LogP contribution in [0.25, 0.3) is 11.3 Å². The van der Waals surface area contributed by atoms with E-state index in [2.05, 4.69) is 15.0 Å². The molecule has 3 rings (SSSR count). The molecule has 6 heteroatoms. The second-order valence-electron chi connectivity index (χ2n) is 4.61. The summed E-state index contributed by atoms with van der Waals surface area (Å²) in [6, 6.07) is 9.50.